The van der Waals surface area contributed by atoms with Gasteiger partial charge in [0.15, 0.2) is 0 Å². The Morgan fingerprint density at radius 3 is 2.52 bits per heavy atom. The average molecular weight is 400 g/mol. The fourth-order valence-corrected chi connectivity index (χ4v) is 2.93. The summed E-state index contributed by atoms with van der Waals surface area (Å²) in [6.07, 6.45) is 0. The van der Waals surface area contributed by atoms with E-state index in [-0.39, 0.29) is 18.2 Å². The Morgan fingerprint density at radius 1 is 1.17 bits per heavy atom. The lowest BCUT2D eigenvalue weighted by molar-refractivity contribution is -0.117. The molecule has 0 aliphatic rings. The van der Waals surface area contributed by atoms with Gasteiger partial charge in [0.05, 0.1) is 17.9 Å². The summed E-state index contributed by atoms with van der Waals surface area (Å²) in [5.74, 6) is 0.525. The molecule has 6 nitrogen and oxygen atoms in total. The third-order valence-electron chi connectivity index (χ3n) is 4.11. The monoisotopic (exact) mass is 400 g/mol. The smallest absolute Gasteiger partial charge is 0.387 e. The minimum absolute atomic E-state index is 0.105. The van der Waals surface area contributed by atoms with Gasteiger partial charge in [0.2, 0.25) is 5.91 Å². The van der Waals surface area contributed by atoms with Crippen molar-refractivity contribution in [2.75, 3.05) is 18.9 Å². The van der Waals surface area contributed by atoms with Gasteiger partial charge in [-0.3, -0.25) is 9.69 Å². The van der Waals surface area contributed by atoms with E-state index in [1.54, 1.807) is 16.8 Å². The zero-order valence-corrected chi connectivity index (χ0v) is 16.2. The van der Waals surface area contributed by atoms with Crippen LogP contribution in [0, 0.1) is 6.92 Å². The summed E-state index contributed by atoms with van der Waals surface area (Å²) in [6, 6.07) is 17.7. The van der Waals surface area contributed by atoms with Gasteiger partial charge in [0.25, 0.3) is 0 Å². The lowest BCUT2D eigenvalue weighted by atomic mass is 10.2. The molecule has 8 heteroatoms. The molecule has 0 atom stereocenters. The highest BCUT2D eigenvalue weighted by atomic mass is 19.3. The van der Waals surface area contributed by atoms with Crippen LogP contribution < -0.4 is 10.1 Å². The summed E-state index contributed by atoms with van der Waals surface area (Å²) in [7, 11) is 1.81. The number of aromatic nitrogens is 2. The molecule has 152 valence electrons. The van der Waals surface area contributed by atoms with Crippen LogP contribution in [0.2, 0.25) is 0 Å². The number of carbonyl (C=O) groups is 1. The van der Waals surface area contributed by atoms with Gasteiger partial charge in [0, 0.05) is 12.6 Å². The van der Waals surface area contributed by atoms with Gasteiger partial charge in [-0.1, -0.05) is 30.3 Å². The van der Waals surface area contributed by atoms with Crippen molar-refractivity contribution in [1.82, 2.24) is 14.7 Å². The Bertz CT molecular complexity index is 943. The number of nitrogens with zero attached hydrogens (tertiary/aromatic N) is 3. The molecule has 0 fully saturated rings. The molecule has 29 heavy (non-hydrogen) atoms. The number of likely N-dealkylation sites (N-methyl/N-ethyl adjacent to an activating group) is 1. The first-order valence-electron chi connectivity index (χ1n) is 9.05. The van der Waals surface area contributed by atoms with Crippen LogP contribution in [0.1, 0.15) is 11.3 Å². The molecule has 0 unspecified atom stereocenters. The van der Waals surface area contributed by atoms with Crippen molar-refractivity contribution < 1.29 is 18.3 Å². The Morgan fingerprint density at radius 2 is 1.86 bits per heavy atom. The predicted molar refractivity (Wildman–Crippen MR) is 106 cm³/mol. The van der Waals surface area contributed by atoms with Gasteiger partial charge in [-0.05, 0) is 43.8 Å². The fourth-order valence-electron chi connectivity index (χ4n) is 2.93. The van der Waals surface area contributed by atoms with E-state index in [1.165, 1.54) is 12.1 Å². The van der Waals surface area contributed by atoms with Crippen LogP contribution in [-0.4, -0.2) is 40.8 Å². The van der Waals surface area contributed by atoms with Crippen LogP contribution in [0.3, 0.4) is 0 Å². The lowest BCUT2D eigenvalue weighted by Gasteiger charge is -2.17. The number of benzene rings is 2. The van der Waals surface area contributed by atoms with Crippen molar-refractivity contribution in [3.63, 3.8) is 0 Å². The molecule has 1 amide bonds. The molecule has 0 spiro atoms. The minimum atomic E-state index is -2.85. The van der Waals surface area contributed by atoms with E-state index >= 15 is 0 Å². The zero-order chi connectivity index (χ0) is 20.8. The second-order valence-electron chi connectivity index (χ2n) is 6.66. The molecular weight excluding hydrogens is 378 g/mol. The number of alkyl halides is 2. The second kappa shape index (κ2) is 9.29. The molecule has 3 rings (SSSR count). The van der Waals surface area contributed by atoms with Crippen LogP contribution >= 0.6 is 0 Å². The summed E-state index contributed by atoms with van der Waals surface area (Å²) in [5.41, 5.74) is 2.53. The average Bonchev–Trinajstić information content (AvgIpc) is 3.03. The number of anilines is 1. The summed E-state index contributed by atoms with van der Waals surface area (Å²) >= 11 is 0. The van der Waals surface area contributed by atoms with Gasteiger partial charge in [0.1, 0.15) is 11.6 Å². The van der Waals surface area contributed by atoms with Gasteiger partial charge in [-0.25, -0.2) is 4.68 Å². The van der Waals surface area contributed by atoms with Gasteiger partial charge >= 0.3 is 6.61 Å². The van der Waals surface area contributed by atoms with E-state index in [1.807, 2.05) is 55.3 Å². The molecule has 0 radical (unpaired) electrons. The van der Waals surface area contributed by atoms with Gasteiger partial charge in [-0.15, -0.1) is 0 Å². The maximum absolute atomic E-state index is 12.5. The molecule has 3 aromatic rings. The van der Waals surface area contributed by atoms with E-state index in [0.29, 0.717) is 12.4 Å². The first-order chi connectivity index (χ1) is 13.9. The van der Waals surface area contributed by atoms with Crippen LogP contribution in [0.4, 0.5) is 14.6 Å². The molecule has 2 aromatic carbocycles. The maximum atomic E-state index is 12.5. The van der Waals surface area contributed by atoms with Crippen molar-refractivity contribution in [2.45, 2.75) is 20.1 Å². The molecular formula is C21H22F2N4O2. The summed E-state index contributed by atoms with van der Waals surface area (Å²) in [4.78, 5) is 14.3. The molecule has 1 N–H and O–H groups in total. The van der Waals surface area contributed by atoms with Crippen molar-refractivity contribution in [1.29, 1.82) is 0 Å². The highest BCUT2D eigenvalue weighted by Crippen LogP contribution is 2.18. The van der Waals surface area contributed by atoms with Crippen LogP contribution in [-0.2, 0) is 11.3 Å². The number of aryl methyl sites for hydroxylation is 1. The van der Waals surface area contributed by atoms with E-state index in [2.05, 4.69) is 15.2 Å². The number of rotatable bonds is 8. The molecule has 0 aliphatic heterocycles. The number of hydrogen-bond acceptors (Lipinski definition) is 4. The normalized spacial score (nSPS) is 11.1. The number of nitrogens with one attached hydrogen (secondary N) is 1. The second-order valence-corrected chi connectivity index (χ2v) is 6.66. The highest BCUT2D eigenvalue weighted by Gasteiger charge is 2.13. The molecule has 0 bridgehead atoms. The van der Waals surface area contributed by atoms with Crippen molar-refractivity contribution in [2.24, 2.45) is 0 Å². The lowest BCUT2D eigenvalue weighted by Crippen LogP contribution is -2.30. The van der Waals surface area contributed by atoms with E-state index in [9.17, 15) is 13.6 Å². The Hall–Kier alpha value is -3.26. The number of carbonyl (C=O) groups excluding carboxylic acids is 1. The van der Waals surface area contributed by atoms with E-state index in [0.717, 1.165) is 16.9 Å². The molecule has 1 aromatic heterocycles. The third kappa shape index (κ3) is 5.86. The largest absolute Gasteiger partial charge is 0.435 e. The van der Waals surface area contributed by atoms with E-state index < -0.39 is 6.61 Å². The molecule has 0 aliphatic carbocycles. The standard InChI is InChI=1S/C21H22F2N4O2/c1-15-12-19(27(25-15)17-6-4-3-5-7-17)24-20(28)14-26(2)13-16-8-10-18(11-9-16)29-21(22)23/h3-12,21H,13-14H2,1-2H3,(H,24,28). The number of halogens is 2. The molecule has 0 saturated heterocycles. The Labute approximate surface area is 167 Å². The minimum Gasteiger partial charge on any atom is -0.435 e. The Kier molecular flexibility index (Phi) is 6.56. The third-order valence-corrected chi connectivity index (χ3v) is 4.11. The first kappa shape index (κ1) is 20.5. The topological polar surface area (TPSA) is 59.4 Å². The van der Waals surface area contributed by atoms with Gasteiger partial charge < -0.3 is 10.1 Å². The predicted octanol–water partition coefficient (Wildman–Crippen LogP) is 3.85. The van der Waals surface area contributed by atoms with E-state index in [4.69, 9.17) is 0 Å². The zero-order valence-electron chi connectivity index (χ0n) is 16.2. The van der Waals surface area contributed by atoms with Crippen LogP contribution in [0.5, 0.6) is 5.75 Å². The summed E-state index contributed by atoms with van der Waals surface area (Å²) in [6.45, 7) is -0.337. The fraction of sp³-hybridized carbons (Fsp3) is 0.238. The SMILES string of the molecule is Cc1cc(NC(=O)CN(C)Cc2ccc(OC(F)F)cc2)n(-c2ccccc2)n1. The number of para-hydroxylation sites is 1. The van der Waals surface area contributed by atoms with Crippen molar-refractivity contribution in [3.8, 4) is 11.4 Å². The number of hydrogen-bond donors (Lipinski definition) is 1. The summed E-state index contributed by atoms with van der Waals surface area (Å²) < 4.78 is 30.4. The van der Waals surface area contributed by atoms with Crippen molar-refractivity contribution in [3.05, 3.63) is 71.9 Å². The molecule has 1 heterocycles. The van der Waals surface area contributed by atoms with Crippen LogP contribution in [0.15, 0.2) is 60.7 Å². The highest BCUT2D eigenvalue weighted by molar-refractivity contribution is 5.91. The number of amides is 1. The molecule has 0 saturated carbocycles. The first-order valence-corrected chi connectivity index (χ1v) is 9.05. The Balaban J connectivity index is 1.58. The van der Waals surface area contributed by atoms with Gasteiger partial charge in [-0.2, -0.15) is 13.9 Å². The maximum Gasteiger partial charge on any atom is 0.387 e. The summed E-state index contributed by atoms with van der Waals surface area (Å²) in [5, 5.41) is 7.33. The van der Waals surface area contributed by atoms with Crippen LogP contribution in [0.25, 0.3) is 5.69 Å². The quantitative estimate of drug-likeness (QED) is 0.624. The number of ether oxygens (including phenoxy) is 1. The van der Waals surface area contributed by atoms with Crippen molar-refractivity contribution >= 4 is 11.7 Å².